The molecule has 0 aliphatic rings. The molecule has 0 saturated carbocycles. The number of benzene rings is 1. The lowest BCUT2D eigenvalue weighted by atomic mass is 10.0. The van der Waals surface area contributed by atoms with Gasteiger partial charge in [-0.05, 0) is 18.9 Å². The molecule has 1 aromatic carbocycles. The van der Waals surface area contributed by atoms with Crippen LogP contribution in [0, 0.1) is 6.04 Å². The van der Waals surface area contributed by atoms with Crippen molar-refractivity contribution >= 4 is 0 Å². The molecule has 1 rings (SSSR count). The molecule has 2 heteroatoms. The maximum absolute atomic E-state index is 9.12. The van der Waals surface area contributed by atoms with Gasteiger partial charge in [0.1, 0.15) is 0 Å². The fraction of sp³-hybridized carbons (Fsp3) is 0.300. The molecular formula is C10H14NO. The molecule has 1 atom stereocenters. The van der Waals surface area contributed by atoms with Crippen molar-refractivity contribution in [3.63, 3.8) is 0 Å². The highest BCUT2D eigenvalue weighted by Gasteiger charge is 2.10. The number of hydrogen-bond acceptors (Lipinski definition) is 2. The van der Waals surface area contributed by atoms with Gasteiger partial charge in [-0.1, -0.05) is 30.3 Å². The standard InChI is InChI=1S/C10H14NO/c1-8(12)10(11)7-9-5-3-2-4-6-9/h2-6,8,12H,7,11H2,1H3. The molecule has 2 nitrogen and oxygen atoms in total. The van der Waals surface area contributed by atoms with Gasteiger partial charge in [0, 0.05) is 0 Å². The quantitative estimate of drug-likeness (QED) is 0.702. The Morgan fingerprint density at radius 3 is 2.50 bits per heavy atom. The van der Waals surface area contributed by atoms with Crippen molar-refractivity contribution < 1.29 is 5.11 Å². The summed E-state index contributed by atoms with van der Waals surface area (Å²) >= 11 is 0. The van der Waals surface area contributed by atoms with E-state index >= 15 is 0 Å². The average Bonchev–Trinajstić information content (AvgIpc) is 2.06. The Kier molecular flexibility index (Phi) is 3.26. The van der Waals surface area contributed by atoms with E-state index in [0.29, 0.717) is 12.5 Å². The second kappa shape index (κ2) is 4.24. The third kappa shape index (κ3) is 2.64. The van der Waals surface area contributed by atoms with Crippen LogP contribution in [0.2, 0.25) is 0 Å². The molecule has 0 aliphatic heterocycles. The number of aliphatic hydroxyl groups is 1. The lowest BCUT2D eigenvalue weighted by molar-refractivity contribution is 0.202. The first-order valence-electron chi connectivity index (χ1n) is 4.03. The van der Waals surface area contributed by atoms with Crippen LogP contribution in [0.5, 0.6) is 0 Å². The molecular weight excluding hydrogens is 150 g/mol. The lowest BCUT2D eigenvalue weighted by Gasteiger charge is -2.12. The molecule has 0 bridgehead atoms. The van der Waals surface area contributed by atoms with Gasteiger partial charge in [-0.25, -0.2) is 0 Å². The number of rotatable bonds is 3. The minimum absolute atomic E-state index is 0.523. The molecule has 0 amide bonds. The van der Waals surface area contributed by atoms with Crippen LogP contribution in [0.4, 0.5) is 0 Å². The van der Waals surface area contributed by atoms with Crippen LogP contribution in [0.3, 0.4) is 0 Å². The minimum atomic E-state index is -0.523. The minimum Gasteiger partial charge on any atom is -0.391 e. The molecule has 1 aromatic rings. The van der Waals surface area contributed by atoms with E-state index in [9.17, 15) is 0 Å². The summed E-state index contributed by atoms with van der Waals surface area (Å²) < 4.78 is 0. The van der Waals surface area contributed by atoms with E-state index in [1.807, 2.05) is 30.3 Å². The normalized spacial score (nSPS) is 13.3. The van der Waals surface area contributed by atoms with Crippen molar-refractivity contribution in [3.8, 4) is 0 Å². The van der Waals surface area contributed by atoms with E-state index in [-0.39, 0.29) is 0 Å². The Morgan fingerprint density at radius 1 is 1.42 bits per heavy atom. The molecule has 0 fully saturated rings. The fourth-order valence-corrected chi connectivity index (χ4v) is 0.979. The largest absolute Gasteiger partial charge is 0.391 e. The highest BCUT2D eigenvalue weighted by atomic mass is 16.3. The Hall–Kier alpha value is -0.860. The van der Waals surface area contributed by atoms with Crippen molar-refractivity contribution in [1.82, 2.24) is 0 Å². The highest BCUT2D eigenvalue weighted by molar-refractivity contribution is 5.18. The van der Waals surface area contributed by atoms with Crippen LogP contribution in [-0.2, 0) is 6.42 Å². The smallest absolute Gasteiger partial charge is 0.0714 e. The van der Waals surface area contributed by atoms with Gasteiger partial charge in [-0.2, -0.15) is 0 Å². The van der Waals surface area contributed by atoms with Gasteiger partial charge in [-0.15, -0.1) is 0 Å². The van der Waals surface area contributed by atoms with Gasteiger partial charge in [0.15, 0.2) is 0 Å². The SMILES string of the molecule is CC(O)[C](N)Cc1ccccc1. The molecule has 1 unspecified atom stereocenters. The van der Waals surface area contributed by atoms with Gasteiger partial charge in [0.05, 0.1) is 12.1 Å². The Morgan fingerprint density at radius 2 is 2.00 bits per heavy atom. The maximum Gasteiger partial charge on any atom is 0.0714 e. The molecule has 3 N–H and O–H groups in total. The van der Waals surface area contributed by atoms with Gasteiger partial charge >= 0.3 is 0 Å². The summed E-state index contributed by atoms with van der Waals surface area (Å²) in [5, 5.41) is 9.12. The van der Waals surface area contributed by atoms with Crippen molar-refractivity contribution in [2.75, 3.05) is 0 Å². The zero-order valence-corrected chi connectivity index (χ0v) is 7.20. The topological polar surface area (TPSA) is 46.2 Å². The van der Waals surface area contributed by atoms with E-state index in [0.717, 1.165) is 5.56 Å². The number of aliphatic hydroxyl groups excluding tert-OH is 1. The Labute approximate surface area is 73.0 Å². The first kappa shape index (κ1) is 9.23. The third-order valence-electron chi connectivity index (χ3n) is 1.79. The summed E-state index contributed by atoms with van der Waals surface area (Å²) in [5.74, 6) is 0. The second-order valence-corrected chi connectivity index (χ2v) is 2.91. The van der Waals surface area contributed by atoms with Gasteiger partial charge in [-0.3, -0.25) is 0 Å². The molecule has 12 heavy (non-hydrogen) atoms. The van der Waals surface area contributed by atoms with Crippen molar-refractivity contribution in [3.05, 3.63) is 41.9 Å². The van der Waals surface area contributed by atoms with Gasteiger partial charge in [0.25, 0.3) is 0 Å². The third-order valence-corrected chi connectivity index (χ3v) is 1.79. The van der Waals surface area contributed by atoms with Crippen LogP contribution in [0.25, 0.3) is 0 Å². The summed E-state index contributed by atoms with van der Waals surface area (Å²) in [4.78, 5) is 0. The van der Waals surface area contributed by atoms with Crippen LogP contribution < -0.4 is 5.73 Å². The van der Waals surface area contributed by atoms with Crippen molar-refractivity contribution in [1.29, 1.82) is 0 Å². The van der Waals surface area contributed by atoms with Crippen molar-refractivity contribution in [2.24, 2.45) is 5.73 Å². The lowest BCUT2D eigenvalue weighted by Crippen LogP contribution is -2.25. The molecule has 0 aliphatic carbocycles. The Bertz CT molecular complexity index is 221. The monoisotopic (exact) mass is 164 g/mol. The molecule has 0 aromatic heterocycles. The average molecular weight is 164 g/mol. The number of nitrogens with two attached hydrogens (primary N) is 1. The van der Waals surface area contributed by atoms with Crippen LogP contribution in [0.1, 0.15) is 12.5 Å². The molecule has 0 heterocycles. The molecule has 0 spiro atoms. The van der Waals surface area contributed by atoms with Crippen LogP contribution in [0.15, 0.2) is 30.3 Å². The molecule has 65 valence electrons. The van der Waals surface area contributed by atoms with E-state index in [1.165, 1.54) is 0 Å². The fourth-order valence-electron chi connectivity index (χ4n) is 0.979. The van der Waals surface area contributed by atoms with E-state index in [2.05, 4.69) is 0 Å². The van der Waals surface area contributed by atoms with Crippen molar-refractivity contribution in [2.45, 2.75) is 19.4 Å². The summed E-state index contributed by atoms with van der Waals surface area (Å²) in [6.45, 7) is 1.68. The highest BCUT2D eigenvalue weighted by Crippen LogP contribution is 2.08. The first-order chi connectivity index (χ1) is 5.70. The summed E-state index contributed by atoms with van der Waals surface area (Å²) in [6.07, 6.45) is 0.128. The van der Waals surface area contributed by atoms with Crippen LogP contribution >= 0.6 is 0 Å². The van der Waals surface area contributed by atoms with E-state index in [1.54, 1.807) is 6.92 Å². The van der Waals surface area contributed by atoms with E-state index in [4.69, 9.17) is 10.8 Å². The predicted octanol–water partition coefficient (Wildman–Crippen LogP) is 1.10. The van der Waals surface area contributed by atoms with Gasteiger partial charge in [0.2, 0.25) is 0 Å². The molecule has 1 radical (unpaired) electrons. The zero-order valence-electron chi connectivity index (χ0n) is 7.20. The Balaban J connectivity index is 2.53. The summed E-state index contributed by atoms with van der Waals surface area (Å²) in [6, 6.07) is 10.5. The zero-order chi connectivity index (χ0) is 8.97. The van der Waals surface area contributed by atoms with E-state index < -0.39 is 6.10 Å². The second-order valence-electron chi connectivity index (χ2n) is 2.91. The van der Waals surface area contributed by atoms with Gasteiger partial charge < -0.3 is 10.8 Å². The number of hydrogen-bond donors (Lipinski definition) is 2. The summed E-state index contributed by atoms with van der Waals surface area (Å²) in [7, 11) is 0. The predicted molar refractivity (Wildman–Crippen MR) is 49.3 cm³/mol. The molecule has 0 saturated heterocycles. The summed E-state index contributed by atoms with van der Waals surface area (Å²) in [5.41, 5.74) is 6.75. The van der Waals surface area contributed by atoms with Crippen LogP contribution in [-0.4, -0.2) is 11.2 Å². The first-order valence-corrected chi connectivity index (χ1v) is 4.03. The maximum atomic E-state index is 9.12.